The summed E-state index contributed by atoms with van der Waals surface area (Å²) in [5, 5.41) is 4.07. The summed E-state index contributed by atoms with van der Waals surface area (Å²) < 4.78 is 11.6. The van der Waals surface area contributed by atoms with Crippen molar-refractivity contribution in [3.05, 3.63) is 94.0 Å². The van der Waals surface area contributed by atoms with E-state index in [0.29, 0.717) is 33.1 Å². The van der Waals surface area contributed by atoms with Crippen molar-refractivity contribution in [2.45, 2.75) is 26.5 Å². The molecule has 0 bridgehead atoms. The highest BCUT2D eigenvalue weighted by Gasteiger charge is 2.35. The van der Waals surface area contributed by atoms with Crippen molar-refractivity contribution in [1.29, 1.82) is 0 Å². The number of hydrogen-bond acceptors (Lipinski definition) is 4. The molecule has 3 aromatic rings. The van der Waals surface area contributed by atoms with E-state index in [1.807, 2.05) is 62.4 Å². The van der Waals surface area contributed by atoms with Crippen molar-refractivity contribution in [2.75, 3.05) is 0 Å². The number of nitrogens with one attached hydrogen (secondary N) is 1. The van der Waals surface area contributed by atoms with E-state index in [1.165, 1.54) is 0 Å². The van der Waals surface area contributed by atoms with E-state index < -0.39 is 0 Å². The van der Waals surface area contributed by atoms with Gasteiger partial charge in [0, 0.05) is 11.1 Å². The molecule has 31 heavy (non-hydrogen) atoms. The van der Waals surface area contributed by atoms with Crippen LogP contribution in [0.5, 0.6) is 5.75 Å². The Morgan fingerprint density at radius 1 is 1.19 bits per heavy atom. The smallest absolute Gasteiger partial charge is 0.277 e. The van der Waals surface area contributed by atoms with Gasteiger partial charge < -0.3 is 14.5 Å². The minimum absolute atomic E-state index is 0.178. The lowest BCUT2D eigenvalue weighted by molar-refractivity contribution is -0.123. The molecule has 1 N–H and O–H groups in total. The number of amides is 1. The summed E-state index contributed by atoms with van der Waals surface area (Å²) in [5.74, 6) is 1.70. The molecule has 2 aromatic carbocycles. The SMILES string of the molecule is Cc1cc(OCc2ccc(/C=C3\NC(=S)N(C(C)c4ccccc4)C3=O)o2)ccc1Cl. The summed E-state index contributed by atoms with van der Waals surface area (Å²) in [6.07, 6.45) is 1.66. The fourth-order valence-electron chi connectivity index (χ4n) is 3.33. The highest BCUT2D eigenvalue weighted by Crippen LogP contribution is 2.27. The Morgan fingerprint density at radius 3 is 2.71 bits per heavy atom. The maximum atomic E-state index is 12.9. The molecule has 1 aliphatic heterocycles. The highest BCUT2D eigenvalue weighted by atomic mass is 35.5. The minimum Gasteiger partial charge on any atom is -0.486 e. The van der Waals surface area contributed by atoms with Gasteiger partial charge in [0.25, 0.3) is 5.91 Å². The number of carbonyl (C=O) groups excluding carboxylic acids is 1. The molecule has 4 rings (SSSR count). The number of nitrogens with zero attached hydrogens (tertiary/aromatic N) is 1. The molecule has 0 saturated carbocycles. The monoisotopic (exact) mass is 452 g/mol. The zero-order chi connectivity index (χ0) is 22.0. The number of hydrogen-bond donors (Lipinski definition) is 1. The van der Waals surface area contributed by atoms with Gasteiger partial charge in [0.2, 0.25) is 0 Å². The van der Waals surface area contributed by atoms with Crippen molar-refractivity contribution in [3.63, 3.8) is 0 Å². The lowest BCUT2D eigenvalue weighted by Crippen LogP contribution is -2.33. The summed E-state index contributed by atoms with van der Waals surface area (Å²) in [4.78, 5) is 14.5. The maximum Gasteiger partial charge on any atom is 0.277 e. The molecule has 1 aromatic heterocycles. The van der Waals surface area contributed by atoms with E-state index in [-0.39, 0.29) is 18.6 Å². The maximum absolute atomic E-state index is 12.9. The zero-order valence-corrected chi connectivity index (χ0v) is 18.7. The van der Waals surface area contributed by atoms with Gasteiger partial charge >= 0.3 is 0 Å². The topological polar surface area (TPSA) is 54.7 Å². The second-order valence-corrected chi connectivity index (χ2v) is 8.05. The molecule has 0 aliphatic carbocycles. The van der Waals surface area contributed by atoms with Crippen molar-refractivity contribution in [1.82, 2.24) is 10.2 Å². The fourth-order valence-corrected chi connectivity index (χ4v) is 3.80. The molecular weight excluding hydrogens is 432 g/mol. The molecule has 1 saturated heterocycles. The fraction of sp³-hybridized carbons (Fsp3) is 0.167. The molecule has 0 spiro atoms. The van der Waals surface area contributed by atoms with Crippen LogP contribution in [0, 0.1) is 6.92 Å². The number of thiocarbonyl (C=S) groups is 1. The molecule has 7 heteroatoms. The molecule has 2 heterocycles. The van der Waals surface area contributed by atoms with Crippen LogP contribution in [0.4, 0.5) is 0 Å². The van der Waals surface area contributed by atoms with Crippen LogP contribution in [-0.2, 0) is 11.4 Å². The van der Waals surface area contributed by atoms with Gasteiger partial charge in [0.05, 0.1) is 6.04 Å². The summed E-state index contributed by atoms with van der Waals surface area (Å²) in [6, 6.07) is 18.7. The second-order valence-electron chi connectivity index (χ2n) is 7.25. The third-order valence-corrected chi connectivity index (χ3v) is 5.78. The van der Waals surface area contributed by atoms with Crippen molar-refractivity contribution in [2.24, 2.45) is 0 Å². The number of halogens is 1. The quantitative estimate of drug-likeness (QED) is 0.387. The third kappa shape index (κ3) is 4.65. The van der Waals surface area contributed by atoms with E-state index in [2.05, 4.69) is 5.32 Å². The second kappa shape index (κ2) is 8.96. The first-order chi connectivity index (χ1) is 14.9. The average molecular weight is 453 g/mol. The van der Waals surface area contributed by atoms with Crippen molar-refractivity contribution in [3.8, 4) is 5.75 Å². The van der Waals surface area contributed by atoms with Gasteiger partial charge in [-0.2, -0.15) is 0 Å². The van der Waals surface area contributed by atoms with Gasteiger partial charge in [0.15, 0.2) is 5.11 Å². The molecule has 1 amide bonds. The Labute approximate surface area is 191 Å². The molecule has 1 unspecified atom stereocenters. The largest absolute Gasteiger partial charge is 0.486 e. The molecule has 1 atom stereocenters. The number of furan rings is 1. The highest BCUT2D eigenvalue weighted by molar-refractivity contribution is 7.80. The Morgan fingerprint density at radius 2 is 1.97 bits per heavy atom. The summed E-state index contributed by atoms with van der Waals surface area (Å²) in [5.41, 5.74) is 2.33. The Hall–Kier alpha value is -3.09. The predicted molar refractivity (Wildman–Crippen MR) is 125 cm³/mol. The first-order valence-corrected chi connectivity index (χ1v) is 10.6. The van der Waals surface area contributed by atoms with Gasteiger partial charge in [-0.1, -0.05) is 41.9 Å². The first kappa shape index (κ1) is 21.2. The molecule has 158 valence electrons. The van der Waals surface area contributed by atoms with E-state index >= 15 is 0 Å². The molecule has 5 nitrogen and oxygen atoms in total. The van der Waals surface area contributed by atoms with Gasteiger partial charge in [-0.15, -0.1) is 0 Å². The van der Waals surface area contributed by atoms with Crippen LogP contribution in [0.1, 0.15) is 35.6 Å². The van der Waals surface area contributed by atoms with E-state index in [0.717, 1.165) is 11.1 Å². The van der Waals surface area contributed by atoms with Crippen LogP contribution in [0.25, 0.3) is 6.08 Å². The lowest BCUT2D eigenvalue weighted by Gasteiger charge is -2.23. The van der Waals surface area contributed by atoms with E-state index in [4.69, 9.17) is 33.0 Å². The number of rotatable bonds is 6. The van der Waals surface area contributed by atoms with Crippen LogP contribution in [0.3, 0.4) is 0 Å². The number of benzene rings is 2. The molecular formula is C24H21ClN2O3S. The Balaban J connectivity index is 1.44. The van der Waals surface area contributed by atoms with E-state index in [9.17, 15) is 4.79 Å². The summed E-state index contributed by atoms with van der Waals surface area (Å²) in [6.45, 7) is 4.14. The molecule has 0 radical (unpaired) electrons. The standard InChI is InChI=1S/C24H21ClN2O3S/c1-15-12-18(10-11-21(15)25)29-14-20-9-8-19(30-20)13-22-23(28)27(24(31)26-22)16(2)17-6-4-3-5-7-17/h3-13,16H,14H2,1-2H3,(H,26,31)/b22-13-. The Bertz CT molecular complexity index is 1160. The average Bonchev–Trinajstić information content (AvgIpc) is 3.33. The summed E-state index contributed by atoms with van der Waals surface area (Å²) >= 11 is 11.4. The summed E-state index contributed by atoms with van der Waals surface area (Å²) in [7, 11) is 0. The van der Waals surface area contributed by atoms with Crippen molar-refractivity contribution >= 4 is 40.9 Å². The molecule has 1 fully saturated rings. The minimum atomic E-state index is -0.188. The van der Waals surface area contributed by atoms with E-state index in [1.54, 1.807) is 23.1 Å². The Kier molecular flexibility index (Phi) is 6.11. The normalized spacial score (nSPS) is 16.0. The predicted octanol–water partition coefficient (Wildman–Crippen LogP) is 5.64. The third-order valence-electron chi connectivity index (χ3n) is 5.06. The lowest BCUT2D eigenvalue weighted by atomic mass is 10.1. The van der Waals surface area contributed by atoms with Crippen LogP contribution in [0.15, 0.2) is 70.8 Å². The van der Waals surface area contributed by atoms with Gasteiger partial charge in [-0.3, -0.25) is 9.69 Å². The van der Waals surface area contributed by atoms with Crippen molar-refractivity contribution < 1.29 is 13.9 Å². The van der Waals surface area contributed by atoms with Crippen LogP contribution in [0.2, 0.25) is 5.02 Å². The van der Waals surface area contributed by atoms with Crippen LogP contribution < -0.4 is 10.1 Å². The zero-order valence-electron chi connectivity index (χ0n) is 17.1. The molecule has 1 aliphatic rings. The number of aryl methyl sites for hydroxylation is 1. The van der Waals surface area contributed by atoms with Crippen LogP contribution >= 0.6 is 23.8 Å². The number of carbonyl (C=O) groups is 1. The number of ether oxygens (including phenoxy) is 1. The van der Waals surface area contributed by atoms with Gasteiger partial charge in [-0.05, 0) is 67.5 Å². The van der Waals surface area contributed by atoms with Gasteiger partial charge in [0.1, 0.15) is 29.6 Å². The first-order valence-electron chi connectivity index (χ1n) is 9.81. The van der Waals surface area contributed by atoms with Gasteiger partial charge in [-0.25, -0.2) is 0 Å². The van der Waals surface area contributed by atoms with Crippen LogP contribution in [-0.4, -0.2) is 15.9 Å².